The quantitative estimate of drug-likeness (QED) is 0.463. The number of rotatable bonds is 6. The minimum atomic E-state index is -3.72. The number of sulfonamides is 1. The fourth-order valence-corrected chi connectivity index (χ4v) is 4.71. The van der Waals surface area contributed by atoms with Crippen LogP contribution in [0, 0.1) is 12.7 Å². The molecule has 0 spiro atoms. The lowest BCUT2D eigenvalue weighted by molar-refractivity contribution is 0.0957. The molecule has 0 fully saturated rings. The standard InChI is InChI=1S/C21H19FN4O3S2/c1-13-19(20(27)24-11-10-14-2-8-17(9-3-14)31(23,28)29)30-21-25-18(12-26(13)21)15-4-6-16(22)7-5-15/h2-9,12H,10-11H2,1H3,(H,24,27)(H2,23,28,29). The summed E-state index contributed by atoms with van der Waals surface area (Å²) in [7, 11) is -3.72. The van der Waals surface area contributed by atoms with E-state index in [1.54, 1.807) is 24.3 Å². The first kappa shape index (κ1) is 21.2. The second-order valence-electron chi connectivity index (χ2n) is 7.00. The molecule has 2 aromatic carbocycles. The second kappa shape index (κ2) is 8.22. The smallest absolute Gasteiger partial charge is 0.263 e. The maximum absolute atomic E-state index is 13.1. The Balaban J connectivity index is 1.42. The summed E-state index contributed by atoms with van der Waals surface area (Å²) in [5.41, 5.74) is 3.17. The average molecular weight is 459 g/mol. The van der Waals surface area contributed by atoms with Crippen LogP contribution in [0.1, 0.15) is 20.9 Å². The summed E-state index contributed by atoms with van der Waals surface area (Å²) < 4.78 is 37.6. The van der Waals surface area contributed by atoms with Crippen molar-refractivity contribution in [2.75, 3.05) is 6.54 Å². The van der Waals surface area contributed by atoms with Crippen molar-refractivity contribution in [3.8, 4) is 11.3 Å². The summed E-state index contributed by atoms with van der Waals surface area (Å²) in [6.07, 6.45) is 2.38. The molecular formula is C21H19FN4O3S2. The first-order valence-corrected chi connectivity index (χ1v) is 11.7. The normalized spacial score (nSPS) is 11.7. The van der Waals surface area contributed by atoms with Crippen molar-refractivity contribution in [2.45, 2.75) is 18.2 Å². The van der Waals surface area contributed by atoms with E-state index in [1.807, 2.05) is 17.5 Å². The number of halogens is 1. The fraction of sp³-hybridized carbons (Fsp3) is 0.143. The topological polar surface area (TPSA) is 107 Å². The largest absolute Gasteiger partial charge is 0.351 e. The molecule has 0 saturated carbocycles. The SMILES string of the molecule is Cc1c(C(=O)NCCc2ccc(S(N)(=O)=O)cc2)sc2nc(-c3ccc(F)cc3)cn12. The van der Waals surface area contributed by atoms with Crippen LogP contribution in [0.4, 0.5) is 4.39 Å². The summed E-state index contributed by atoms with van der Waals surface area (Å²) in [4.78, 5) is 18.5. The summed E-state index contributed by atoms with van der Waals surface area (Å²) in [5, 5.41) is 7.97. The lowest BCUT2D eigenvalue weighted by Gasteiger charge is -2.06. The van der Waals surface area contributed by atoms with E-state index in [0.29, 0.717) is 28.5 Å². The van der Waals surface area contributed by atoms with Gasteiger partial charge in [0.15, 0.2) is 4.96 Å². The third kappa shape index (κ3) is 4.50. The van der Waals surface area contributed by atoms with Gasteiger partial charge in [-0.3, -0.25) is 9.20 Å². The number of thiazole rings is 1. The summed E-state index contributed by atoms with van der Waals surface area (Å²) in [5.74, 6) is -0.502. The number of benzene rings is 2. The fourth-order valence-electron chi connectivity index (χ4n) is 3.17. The van der Waals surface area contributed by atoms with E-state index in [-0.39, 0.29) is 16.6 Å². The predicted octanol–water partition coefficient (Wildman–Crippen LogP) is 3.13. The van der Waals surface area contributed by atoms with Gasteiger partial charge < -0.3 is 5.32 Å². The molecule has 31 heavy (non-hydrogen) atoms. The van der Waals surface area contributed by atoms with Crippen LogP contribution >= 0.6 is 11.3 Å². The van der Waals surface area contributed by atoms with Gasteiger partial charge in [0.2, 0.25) is 10.0 Å². The Kier molecular flexibility index (Phi) is 5.61. The van der Waals surface area contributed by atoms with E-state index in [9.17, 15) is 17.6 Å². The molecule has 4 rings (SSSR count). The zero-order valence-corrected chi connectivity index (χ0v) is 18.1. The Morgan fingerprint density at radius 1 is 1.16 bits per heavy atom. The highest BCUT2D eigenvalue weighted by atomic mass is 32.2. The maximum atomic E-state index is 13.1. The highest BCUT2D eigenvalue weighted by molar-refractivity contribution is 7.89. The average Bonchev–Trinajstić information content (AvgIpc) is 3.28. The van der Waals surface area contributed by atoms with Gasteiger partial charge >= 0.3 is 0 Å². The summed E-state index contributed by atoms with van der Waals surface area (Å²) in [6.45, 7) is 2.24. The monoisotopic (exact) mass is 458 g/mol. The lowest BCUT2D eigenvalue weighted by Crippen LogP contribution is -2.25. The first-order valence-electron chi connectivity index (χ1n) is 9.37. The molecule has 1 amide bonds. The van der Waals surface area contributed by atoms with E-state index in [1.165, 1.54) is 35.6 Å². The first-order chi connectivity index (χ1) is 14.7. The summed E-state index contributed by atoms with van der Waals surface area (Å²) >= 11 is 1.29. The molecule has 3 N–H and O–H groups in total. The number of hydrogen-bond donors (Lipinski definition) is 2. The van der Waals surface area contributed by atoms with E-state index in [2.05, 4.69) is 10.3 Å². The van der Waals surface area contributed by atoms with Crippen LogP contribution in [-0.2, 0) is 16.4 Å². The second-order valence-corrected chi connectivity index (χ2v) is 9.54. The number of imidazole rings is 1. The van der Waals surface area contributed by atoms with Gasteiger partial charge in [0, 0.05) is 24.0 Å². The highest BCUT2D eigenvalue weighted by Crippen LogP contribution is 2.27. The van der Waals surface area contributed by atoms with E-state index in [4.69, 9.17) is 5.14 Å². The maximum Gasteiger partial charge on any atom is 0.263 e. The van der Waals surface area contributed by atoms with Crippen molar-refractivity contribution < 1.29 is 17.6 Å². The van der Waals surface area contributed by atoms with E-state index in [0.717, 1.165) is 16.8 Å². The third-order valence-corrected chi connectivity index (χ3v) is 6.94. The van der Waals surface area contributed by atoms with Crippen molar-refractivity contribution >= 4 is 32.2 Å². The third-order valence-electron chi connectivity index (χ3n) is 4.85. The molecule has 0 bridgehead atoms. The molecule has 0 aliphatic heterocycles. The van der Waals surface area contributed by atoms with Crippen molar-refractivity contribution in [1.82, 2.24) is 14.7 Å². The van der Waals surface area contributed by atoms with Crippen LogP contribution in [0.3, 0.4) is 0 Å². The van der Waals surface area contributed by atoms with Crippen molar-refractivity contribution in [1.29, 1.82) is 0 Å². The Hall–Kier alpha value is -3.08. The van der Waals surface area contributed by atoms with Crippen LogP contribution in [-0.4, -0.2) is 30.3 Å². The molecule has 0 saturated heterocycles. The number of primary sulfonamides is 1. The van der Waals surface area contributed by atoms with Crippen LogP contribution in [0.15, 0.2) is 59.6 Å². The number of carbonyl (C=O) groups excluding carboxylic acids is 1. The predicted molar refractivity (Wildman–Crippen MR) is 117 cm³/mol. The van der Waals surface area contributed by atoms with Gasteiger partial charge in [0.1, 0.15) is 10.7 Å². The van der Waals surface area contributed by atoms with Crippen LogP contribution in [0.25, 0.3) is 16.2 Å². The molecule has 0 atom stereocenters. The Labute approximate surface area is 182 Å². The summed E-state index contributed by atoms with van der Waals surface area (Å²) in [6, 6.07) is 12.3. The number of amides is 1. The van der Waals surface area contributed by atoms with Crippen LogP contribution in [0.2, 0.25) is 0 Å². The number of hydrogen-bond acceptors (Lipinski definition) is 5. The Bertz CT molecular complexity index is 1360. The molecule has 0 unspecified atom stereocenters. The highest BCUT2D eigenvalue weighted by Gasteiger charge is 2.18. The molecule has 2 aromatic heterocycles. The van der Waals surface area contributed by atoms with Crippen molar-refractivity contribution in [3.05, 3.63) is 76.7 Å². The molecule has 4 aromatic rings. The minimum absolute atomic E-state index is 0.0536. The van der Waals surface area contributed by atoms with Crippen LogP contribution < -0.4 is 10.5 Å². The number of carbonyl (C=O) groups is 1. The van der Waals surface area contributed by atoms with E-state index < -0.39 is 10.0 Å². The van der Waals surface area contributed by atoms with Crippen LogP contribution in [0.5, 0.6) is 0 Å². The van der Waals surface area contributed by atoms with Gasteiger partial charge in [-0.05, 0) is 55.3 Å². The number of nitrogens with zero attached hydrogens (tertiary/aromatic N) is 2. The molecular weight excluding hydrogens is 439 g/mol. The number of nitrogens with one attached hydrogen (secondary N) is 1. The zero-order chi connectivity index (χ0) is 22.2. The van der Waals surface area contributed by atoms with Gasteiger partial charge in [0.25, 0.3) is 5.91 Å². The molecule has 160 valence electrons. The zero-order valence-electron chi connectivity index (χ0n) is 16.5. The van der Waals surface area contributed by atoms with E-state index >= 15 is 0 Å². The molecule has 0 aliphatic carbocycles. The number of aromatic nitrogens is 2. The Morgan fingerprint density at radius 3 is 2.45 bits per heavy atom. The minimum Gasteiger partial charge on any atom is -0.351 e. The van der Waals surface area contributed by atoms with Gasteiger partial charge in [-0.2, -0.15) is 0 Å². The number of aryl methyl sites for hydroxylation is 1. The van der Waals surface area contributed by atoms with Crippen molar-refractivity contribution in [2.24, 2.45) is 5.14 Å². The van der Waals surface area contributed by atoms with Gasteiger partial charge in [0.05, 0.1) is 10.6 Å². The lowest BCUT2D eigenvalue weighted by atomic mass is 10.1. The number of fused-ring (bicyclic) bond motifs is 1. The number of nitrogens with two attached hydrogens (primary N) is 1. The Morgan fingerprint density at radius 2 is 1.84 bits per heavy atom. The molecule has 0 aliphatic rings. The van der Waals surface area contributed by atoms with Crippen molar-refractivity contribution in [3.63, 3.8) is 0 Å². The molecule has 7 nitrogen and oxygen atoms in total. The molecule has 10 heteroatoms. The van der Waals surface area contributed by atoms with Gasteiger partial charge in [-0.1, -0.05) is 23.5 Å². The molecule has 0 radical (unpaired) electrons. The van der Waals surface area contributed by atoms with Gasteiger partial charge in [-0.15, -0.1) is 0 Å². The molecule has 2 heterocycles. The van der Waals surface area contributed by atoms with Gasteiger partial charge in [-0.25, -0.2) is 22.9 Å².